The molecule has 0 saturated carbocycles. The van der Waals surface area contributed by atoms with Gasteiger partial charge in [0.1, 0.15) is 5.78 Å². The Kier molecular flexibility index (Phi) is 7.93. The van der Waals surface area contributed by atoms with Gasteiger partial charge in [0.25, 0.3) is 0 Å². The normalized spacial score (nSPS) is 16.7. The minimum absolute atomic E-state index is 0.00728. The highest BCUT2D eigenvalue weighted by atomic mass is 31.2. The number of hydrogen-bond acceptors (Lipinski definition) is 4. The molecular formula is C9H18BO5P. The summed E-state index contributed by atoms with van der Waals surface area (Å²) in [5, 5.41) is 0. The highest BCUT2D eigenvalue weighted by Gasteiger charge is 2.15. The molecule has 0 aromatic heterocycles. The van der Waals surface area contributed by atoms with Crippen LogP contribution in [0.25, 0.3) is 0 Å². The summed E-state index contributed by atoms with van der Waals surface area (Å²) in [5.41, 5.74) is 0. The zero-order valence-electron chi connectivity index (χ0n) is 9.72. The highest BCUT2D eigenvalue weighted by Crippen LogP contribution is 2.36. The van der Waals surface area contributed by atoms with E-state index in [0.29, 0.717) is 19.4 Å². The van der Waals surface area contributed by atoms with E-state index in [4.69, 9.17) is 22.0 Å². The van der Waals surface area contributed by atoms with Crippen LogP contribution in [0.4, 0.5) is 0 Å². The molecule has 0 spiro atoms. The van der Waals surface area contributed by atoms with Gasteiger partial charge in [0.05, 0.1) is 14.5 Å². The molecule has 0 bridgehead atoms. The van der Waals surface area contributed by atoms with E-state index in [9.17, 15) is 9.36 Å². The number of ketones is 1. The van der Waals surface area contributed by atoms with Crippen LogP contribution in [0.1, 0.15) is 12.8 Å². The Balaban J connectivity index is 3.94. The third-order valence-electron chi connectivity index (χ3n) is 2.00. The molecule has 7 heteroatoms. The van der Waals surface area contributed by atoms with Crippen LogP contribution in [0.3, 0.4) is 0 Å². The van der Waals surface area contributed by atoms with Gasteiger partial charge in [0, 0.05) is 26.8 Å². The average Bonchev–Trinajstić information content (AvgIpc) is 2.15. The molecule has 16 heavy (non-hydrogen) atoms. The molecule has 92 valence electrons. The molecule has 0 heterocycles. The summed E-state index contributed by atoms with van der Waals surface area (Å²) in [5.74, 6) is -0.0710. The Morgan fingerprint density at radius 3 is 2.62 bits per heavy atom. The Morgan fingerprint density at radius 1 is 1.56 bits per heavy atom. The first-order valence-corrected chi connectivity index (χ1v) is 7.07. The second-order valence-corrected chi connectivity index (χ2v) is 5.56. The van der Waals surface area contributed by atoms with Crippen molar-refractivity contribution in [1.29, 1.82) is 0 Å². The number of carbonyl (C=O) groups is 1. The van der Waals surface area contributed by atoms with Gasteiger partial charge in [-0.25, -0.2) is 0 Å². The molecule has 2 radical (unpaired) electrons. The number of hydrogen-bond donors (Lipinski definition) is 1. The molecule has 0 aliphatic heterocycles. The lowest BCUT2D eigenvalue weighted by atomic mass is 9.92. The molecule has 0 aliphatic rings. The number of methoxy groups -OCH3 is 1. The quantitative estimate of drug-likeness (QED) is 0.487. The van der Waals surface area contributed by atoms with Crippen molar-refractivity contribution in [2.24, 2.45) is 5.92 Å². The smallest absolute Gasteiger partial charge is 0.325 e. The maximum absolute atomic E-state index is 11.1. The van der Waals surface area contributed by atoms with Gasteiger partial charge in [-0.05, 0) is 18.7 Å². The minimum atomic E-state index is -3.43. The molecule has 1 unspecified atom stereocenters. The monoisotopic (exact) mass is 248 g/mol. The first-order chi connectivity index (χ1) is 7.39. The molecule has 0 rings (SSSR count). The van der Waals surface area contributed by atoms with Crippen LogP contribution in [0, 0.1) is 5.92 Å². The standard InChI is InChI=1S/C9H18BO5P/c1-14-7-8(5-9(11)6-10)3-4-15-16(2,12)13/h8H,3-7H2,1-2H3,(H,12,13)/t8-/m0/s1. The van der Waals surface area contributed by atoms with Crippen molar-refractivity contribution in [3.63, 3.8) is 0 Å². The van der Waals surface area contributed by atoms with E-state index in [1.54, 1.807) is 0 Å². The van der Waals surface area contributed by atoms with Gasteiger partial charge < -0.3 is 18.9 Å². The third kappa shape index (κ3) is 9.10. The summed E-state index contributed by atoms with van der Waals surface area (Å²) in [7, 11) is 3.32. The van der Waals surface area contributed by atoms with Gasteiger partial charge in [0.2, 0.25) is 0 Å². The largest absolute Gasteiger partial charge is 0.384 e. The van der Waals surface area contributed by atoms with Crippen molar-refractivity contribution in [3.05, 3.63) is 0 Å². The van der Waals surface area contributed by atoms with Crippen molar-refractivity contribution in [3.8, 4) is 0 Å². The number of Topliss-reactive ketones (excluding diaryl/α,β-unsaturated/α-hetero) is 1. The van der Waals surface area contributed by atoms with Gasteiger partial charge >= 0.3 is 7.60 Å². The van der Waals surface area contributed by atoms with Crippen LogP contribution in [0.2, 0.25) is 6.32 Å². The van der Waals surface area contributed by atoms with Crippen molar-refractivity contribution >= 4 is 21.2 Å². The summed E-state index contributed by atoms with van der Waals surface area (Å²) in [6.07, 6.45) is 0.818. The zero-order valence-corrected chi connectivity index (χ0v) is 10.6. The van der Waals surface area contributed by atoms with E-state index in [1.165, 1.54) is 7.11 Å². The average molecular weight is 248 g/mol. The molecule has 0 amide bonds. The Morgan fingerprint density at radius 2 is 2.19 bits per heavy atom. The van der Waals surface area contributed by atoms with E-state index >= 15 is 0 Å². The fourth-order valence-corrected chi connectivity index (χ4v) is 1.72. The van der Waals surface area contributed by atoms with E-state index in [0.717, 1.165) is 6.66 Å². The SMILES string of the molecule is [B]CC(=O)C[C@H](CCOP(C)(=O)O)COC. The van der Waals surface area contributed by atoms with Crippen LogP contribution in [0.5, 0.6) is 0 Å². The zero-order chi connectivity index (χ0) is 12.6. The lowest BCUT2D eigenvalue weighted by molar-refractivity contribution is -0.118. The lowest BCUT2D eigenvalue weighted by Gasteiger charge is -2.15. The van der Waals surface area contributed by atoms with E-state index < -0.39 is 7.60 Å². The Bertz CT molecular complexity index is 252. The van der Waals surface area contributed by atoms with Gasteiger partial charge in [-0.3, -0.25) is 4.57 Å². The van der Waals surface area contributed by atoms with Gasteiger partial charge in [0.15, 0.2) is 0 Å². The molecule has 0 fully saturated rings. The summed E-state index contributed by atoms with van der Waals surface area (Å²) >= 11 is 0. The molecule has 0 saturated heterocycles. The predicted octanol–water partition coefficient (Wildman–Crippen LogP) is 1.02. The maximum Gasteiger partial charge on any atom is 0.325 e. The summed E-state index contributed by atoms with van der Waals surface area (Å²) < 4.78 is 20.5. The lowest BCUT2D eigenvalue weighted by Crippen LogP contribution is -2.15. The van der Waals surface area contributed by atoms with E-state index in [1.807, 2.05) is 0 Å². The number of carbonyl (C=O) groups excluding carboxylic acids is 1. The summed E-state index contributed by atoms with van der Waals surface area (Å²) in [6, 6.07) is 0. The number of ether oxygens (including phenoxy) is 1. The molecule has 5 nitrogen and oxygen atoms in total. The molecule has 2 atom stereocenters. The van der Waals surface area contributed by atoms with Crippen molar-refractivity contribution in [2.45, 2.75) is 19.2 Å². The molecule has 1 N–H and O–H groups in total. The Hall–Kier alpha value is -0.155. The van der Waals surface area contributed by atoms with Gasteiger partial charge in [-0.15, -0.1) is 0 Å². The fraction of sp³-hybridized carbons (Fsp3) is 0.889. The van der Waals surface area contributed by atoms with Crippen molar-refractivity contribution in [2.75, 3.05) is 27.0 Å². The van der Waals surface area contributed by atoms with Crippen molar-refractivity contribution in [1.82, 2.24) is 0 Å². The summed E-state index contributed by atoms with van der Waals surface area (Å²) in [4.78, 5) is 20.0. The first-order valence-electron chi connectivity index (χ1n) is 5.04. The molecule has 0 aliphatic carbocycles. The van der Waals surface area contributed by atoms with Gasteiger partial charge in [-0.1, -0.05) is 0 Å². The molecular weight excluding hydrogens is 230 g/mol. The van der Waals surface area contributed by atoms with Crippen LogP contribution >= 0.6 is 7.60 Å². The summed E-state index contributed by atoms with van der Waals surface area (Å²) in [6.45, 7) is 1.67. The number of rotatable bonds is 9. The minimum Gasteiger partial charge on any atom is -0.384 e. The van der Waals surface area contributed by atoms with Crippen LogP contribution < -0.4 is 0 Å². The van der Waals surface area contributed by atoms with Gasteiger partial charge in [-0.2, -0.15) is 0 Å². The topological polar surface area (TPSA) is 72.8 Å². The highest BCUT2D eigenvalue weighted by molar-refractivity contribution is 7.51. The second-order valence-electron chi connectivity index (χ2n) is 3.69. The second kappa shape index (κ2) is 8.01. The molecule has 0 aromatic carbocycles. The first kappa shape index (κ1) is 15.8. The third-order valence-corrected chi connectivity index (χ3v) is 2.66. The van der Waals surface area contributed by atoms with E-state index in [2.05, 4.69) is 0 Å². The predicted molar refractivity (Wildman–Crippen MR) is 61.9 cm³/mol. The van der Waals surface area contributed by atoms with Crippen LogP contribution in [-0.2, 0) is 18.6 Å². The molecule has 0 aromatic rings. The fourth-order valence-electron chi connectivity index (χ4n) is 1.27. The van der Waals surface area contributed by atoms with Crippen LogP contribution in [0.15, 0.2) is 0 Å². The maximum atomic E-state index is 11.1. The van der Waals surface area contributed by atoms with Crippen molar-refractivity contribution < 1.29 is 23.5 Å². The van der Waals surface area contributed by atoms with E-state index in [-0.39, 0.29) is 24.6 Å². The Labute approximate surface area is 97.5 Å². The van der Waals surface area contributed by atoms with Crippen LogP contribution in [-0.4, -0.2) is 45.5 Å².